The minimum Gasteiger partial charge on any atom is -0.326 e. The first-order valence-electron chi connectivity index (χ1n) is 10.7. The first-order chi connectivity index (χ1) is 16.1. The molecule has 1 heterocycles. The van der Waals surface area contributed by atoms with E-state index in [0.29, 0.717) is 22.5 Å². The van der Waals surface area contributed by atoms with Gasteiger partial charge in [0.05, 0.1) is 4.90 Å². The van der Waals surface area contributed by atoms with Crippen molar-refractivity contribution < 1.29 is 18.0 Å². The van der Waals surface area contributed by atoms with Gasteiger partial charge in [-0.1, -0.05) is 17.7 Å². The van der Waals surface area contributed by atoms with Gasteiger partial charge in [-0.3, -0.25) is 9.59 Å². The lowest BCUT2D eigenvalue weighted by molar-refractivity contribution is -0.119. The Kier molecular flexibility index (Phi) is 7.79. The average molecular weight is 485 g/mol. The van der Waals surface area contributed by atoms with Gasteiger partial charge in [0, 0.05) is 24.3 Å². The molecule has 0 spiro atoms. The Labute approximate surface area is 198 Å². The maximum atomic E-state index is 12.7. The molecule has 0 saturated carbocycles. The number of carbonyl (C=O) groups excluding carboxylic acids is 2. The van der Waals surface area contributed by atoms with Crippen molar-refractivity contribution in [3.8, 4) is 0 Å². The average Bonchev–Trinajstić information content (AvgIpc) is 3.28. The molecule has 2 amide bonds. The zero-order valence-corrected chi connectivity index (χ0v) is 20.3. The molecule has 0 fully saturated rings. The molecule has 0 aliphatic heterocycles. The minimum atomic E-state index is -3.73. The van der Waals surface area contributed by atoms with Crippen LogP contribution in [0.15, 0.2) is 53.9 Å². The van der Waals surface area contributed by atoms with E-state index >= 15 is 0 Å². The standard InChI is InChI=1S/C23H28N6O4S/c1-15-11-16(2)22(17(3)12-15)34(32,33)26-10-9-21(30)27-19-5-7-20(8-6-19)28-23(31)18(4)29-14-24-13-25-29/h5-8,11-14,18,26H,9-10H2,1-4H3,(H,27,30)(H,28,31). The van der Waals surface area contributed by atoms with Crippen LogP contribution < -0.4 is 15.4 Å². The summed E-state index contributed by atoms with van der Waals surface area (Å²) in [6.45, 7) is 7.09. The molecule has 11 heteroatoms. The molecule has 0 aliphatic rings. The molecule has 3 aromatic rings. The van der Waals surface area contributed by atoms with Crippen LogP contribution in [0.2, 0.25) is 0 Å². The number of hydrogen-bond donors (Lipinski definition) is 3. The van der Waals surface area contributed by atoms with Gasteiger partial charge in [0.15, 0.2) is 0 Å². The SMILES string of the molecule is Cc1cc(C)c(S(=O)(=O)NCCC(=O)Nc2ccc(NC(=O)C(C)n3cncn3)cc2)c(C)c1. The quantitative estimate of drug-likeness (QED) is 0.427. The smallest absolute Gasteiger partial charge is 0.249 e. The number of sulfonamides is 1. The molecule has 1 aromatic heterocycles. The number of aromatic nitrogens is 3. The third-order valence-corrected chi connectivity index (χ3v) is 6.93. The van der Waals surface area contributed by atoms with Gasteiger partial charge in [-0.25, -0.2) is 22.8 Å². The summed E-state index contributed by atoms with van der Waals surface area (Å²) < 4.78 is 29.3. The van der Waals surface area contributed by atoms with Crippen LogP contribution in [0.25, 0.3) is 0 Å². The van der Waals surface area contributed by atoms with E-state index in [1.807, 2.05) is 19.1 Å². The molecular weight excluding hydrogens is 456 g/mol. The maximum Gasteiger partial charge on any atom is 0.249 e. The van der Waals surface area contributed by atoms with Crippen molar-refractivity contribution in [2.45, 2.75) is 45.1 Å². The van der Waals surface area contributed by atoms with E-state index < -0.39 is 16.1 Å². The first-order valence-corrected chi connectivity index (χ1v) is 12.2. The molecule has 3 N–H and O–H groups in total. The summed E-state index contributed by atoms with van der Waals surface area (Å²) >= 11 is 0. The highest BCUT2D eigenvalue weighted by Gasteiger charge is 2.20. The van der Waals surface area contributed by atoms with Crippen LogP contribution in [0.4, 0.5) is 11.4 Å². The minimum absolute atomic E-state index is 0.0307. The van der Waals surface area contributed by atoms with Crippen molar-refractivity contribution >= 4 is 33.2 Å². The van der Waals surface area contributed by atoms with Crippen LogP contribution in [0.1, 0.15) is 36.1 Å². The van der Waals surface area contributed by atoms with Crippen molar-refractivity contribution in [3.63, 3.8) is 0 Å². The van der Waals surface area contributed by atoms with Crippen LogP contribution in [-0.2, 0) is 19.6 Å². The molecule has 180 valence electrons. The van der Waals surface area contributed by atoms with Gasteiger partial charge < -0.3 is 10.6 Å². The Bertz CT molecular complexity index is 1250. The summed E-state index contributed by atoms with van der Waals surface area (Å²) in [4.78, 5) is 28.6. The number of hydrogen-bond acceptors (Lipinski definition) is 6. The molecule has 34 heavy (non-hydrogen) atoms. The van der Waals surface area contributed by atoms with Crippen LogP contribution in [0, 0.1) is 20.8 Å². The number of nitrogens with zero attached hydrogens (tertiary/aromatic N) is 3. The highest BCUT2D eigenvalue weighted by molar-refractivity contribution is 7.89. The normalized spacial score (nSPS) is 12.2. The lowest BCUT2D eigenvalue weighted by Gasteiger charge is -2.13. The van der Waals surface area contributed by atoms with E-state index in [1.54, 1.807) is 45.0 Å². The number of benzene rings is 2. The fourth-order valence-electron chi connectivity index (χ4n) is 3.61. The molecule has 0 aliphatic carbocycles. The van der Waals surface area contributed by atoms with Crippen LogP contribution in [0.3, 0.4) is 0 Å². The summed E-state index contributed by atoms with van der Waals surface area (Å²) in [6.07, 6.45) is 2.79. The summed E-state index contributed by atoms with van der Waals surface area (Å²) in [7, 11) is -3.73. The van der Waals surface area contributed by atoms with Crippen LogP contribution in [0.5, 0.6) is 0 Å². The number of anilines is 2. The second-order valence-electron chi connectivity index (χ2n) is 8.04. The molecule has 0 radical (unpaired) electrons. The Balaban J connectivity index is 1.50. The lowest BCUT2D eigenvalue weighted by atomic mass is 10.1. The zero-order chi connectivity index (χ0) is 24.9. The lowest BCUT2D eigenvalue weighted by Crippen LogP contribution is -2.29. The van der Waals surface area contributed by atoms with Gasteiger partial charge in [0.2, 0.25) is 21.8 Å². The molecule has 0 saturated heterocycles. The number of nitrogens with one attached hydrogen (secondary N) is 3. The van der Waals surface area contributed by atoms with Crippen LogP contribution in [-0.4, -0.2) is 41.5 Å². The van der Waals surface area contributed by atoms with Gasteiger partial charge in [0.1, 0.15) is 18.7 Å². The van der Waals surface area contributed by atoms with Crippen molar-refractivity contribution in [2.24, 2.45) is 0 Å². The highest BCUT2D eigenvalue weighted by atomic mass is 32.2. The molecule has 3 rings (SSSR count). The molecule has 1 atom stereocenters. The number of aryl methyl sites for hydroxylation is 3. The van der Waals surface area contributed by atoms with Crippen molar-refractivity contribution in [1.82, 2.24) is 19.5 Å². The fourth-order valence-corrected chi connectivity index (χ4v) is 5.09. The molecule has 0 bridgehead atoms. The Morgan fingerprint density at radius 3 is 2.15 bits per heavy atom. The Morgan fingerprint density at radius 1 is 1.00 bits per heavy atom. The van der Waals surface area contributed by atoms with Crippen molar-refractivity contribution in [3.05, 3.63) is 65.7 Å². The fraction of sp³-hybridized carbons (Fsp3) is 0.304. The third-order valence-electron chi connectivity index (χ3n) is 5.17. The van der Waals surface area contributed by atoms with E-state index in [4.69, 9.17) is 0 Å². The number of amides is 2. The van der Waals surface area contributed by atoms with Gasteiger partial charge in [-0.15, -0.1) is 0 Å². The topological polar surface area (TPSA) is 135 Å². The largest absolute Gasteiger partial charge is 0.326 e. The second-order valence-corrected chi connectivity index (χ2v) is 9.75. The van der Waals surface area contributed by atoms with Crippen LogP contribution >= 0.6 is 0 Å². The monoisotopic (exact) mass is 484 g/mol. The number of rotatable bonds is 9. The maximum absolute atomic E-state index is 12.7. The summed E-state index contributed by atoms with van der Waals surface area (Å²) in [6, 6.07) is 9.72. The molecule has 2 aromatic carbocycles. The Hall–Kier alpha value is -3.57. The summed E-state index contributed by atoms with van der Waals surface area (Å²) in [5.41, 5.74) is 3.41. The van der Waals surface area contributed by atoms with E-state index in [1.165, 1.54) is 17.3 Å². The van der Waals surface area contributed by atoms with Gasteiger partial charge >= 0.3 is 0 Å². The molecule has 1 unspecified atom stereocenters. The van der Waals surface area contributed by atoms with E-state index in [0.717, 1.165) is 5.56 Å². The van der Waals surface area contributed by atoms with Crippen molar-refractivity contribution in [1.29, 1.82) is 0 Å². The summed E-state index contributed by atoms with van der Waals surface area (Å²) in [5.74, 6) is -0.592. The first kappa shape index (κ1) is 25.1. The van der Waals surface area contributed by atoms with Gasteiger partial charge in [0.25, 0.3) is 0 Å². The van der Waals surface area contributed by atoms with Crippen molar-refractivity contribution in [2.75, 3.05) is 17.2 Å². The van der Waals surface area contributed by atoms with Gasteiger partial charge in [-0.05, 0) is 63.1 Å². The highest BCUT2D eigenvalue weighted by Crippen LogP contribution is 2.21. The Morgan fingerprint density at radius 2 is 1.59 bits per heavy atom. The molecular formula is C23H28N6O4S. The predicted molar refractivity (Wildman–Crippen MR) is 129 cm³/mol. The summed E-state index contributed by atoms with van der Waals surface area (Å²) in [5, 5.41) is 9.44. The number of carbonyl (C=O) groups is 2. The third kappa shape index (κ3) is 6.27. The van der Waals surface area contributed by atoms with E-state index in [-0.39, 0.29) is 29.7 Å². The predicted octanol–water partition coefficient (Wildman–Crippen LogP) is 2.71. The molecule has 10 nitrogen and oxygen atoms in total. The second kappa shape index (κ2) is 10.6. The van der Waals surface area contributed by atoms with E-state index in [9.17, 15) is 18.0 Å². The van der Waals surface area contributed by atoms with E-state index in [2.05, 4.69) is 25.4 Å². The zero-order valence-electron chi connectivity index (χ0n) is 19.5. The van der Waals surface area contributed by atoms with Gasteiger partial charge in [-0.2, -0.15) is 5.10 Å².